The van der Waals surface area contributed by atoms with E-state index in [1.807, 2.05) is 0 Å². The Morgan fingerprint density at radius 3 is 2.65 bits per heavy atom. The number of hydrogen-bond donors (Lipinski definition) is 1. The summed E-state index contributed by atoms with van der Waals surface area (Å²) in [5.74, 6) is 0.867. The first kappa shape index (κ1) is 13.3. The Balaban J connectivity index is 1.88. The molecule has 0 aromatic carbocycles. The lowest BCUT2D eigenvalue weighted by molar-refractivity contribution is 0.133. The molecule has 17 heavy (non-hydrogen) atoms. The van der Waals surface area contributed by atoms with E-state index in [-0.39, 0.29) is 0 Å². The highest BCUT2D eigenvalue weighted by molar-refractivity contribution is 4.91. The topological polar surface area (TPSA) is 18.5 Å². The van der Waals surface area contributed by atoms with Gasteiger partial charge in [0.1, 0.15) is 0 Å². The molecule has 3 heteroatoms. The van der Waals surface area contributed by atoms with Gasteiger partial charge in [-0.3, -0.25) is 9.80 Å². The molecule has 1 N–H and O–H groups in total. The summed E-state index contributed by atoms with van der Waals surface area (Å²) in [5.41, 5.74) is 0. The standard InChI is InChI=1S/C14H29N3/c1-4-16(5-2)13-7-9-17(11-13)14-10-15-8-6-12(14)3/h12-15H,4-11H2,1-3H3. The second kappa shape index (κ2) is 6.17. The molecule has 0 bridgehead atoms. The largest absolute Gasteiger partial charge is 0.315 e. The van der Waals surface area contributed by atoms with Crippen molar-refractivity contribution in [2.45, 2.75) is 45.7 Å². The van der Waals surface area contributed by atoms with Gasteiger partial charge in [0.25, 0.3) is 0 Å². The summed E-state index contributed by atoms with van der Waals surface area (Å²) in [4.78, 5) is 5.36. The van der Waals surface area contributed by atoms with Crippen molar-refractivity contribution in [1.82, 2.24) is 15.1 Å². The lowest BCUT2D eigenvalue weighted by atomic mass is 9.94. The van der Waals surface area contributed by atoms with Gasteiger partial charge in [-0.15, -0.1) is 0 Å². The maximum Gasteiger partial charge on any atom is 0.0247 e. The number of piperidine rings is 1. The predicted octanol–water partition coefficient (Wildman–Crippen LogP) is 1.40. The number of hydrogen-bond acceptors (Lipinski definition) is 3. The van der Waals surface area contributed by atoms with Crippen LogP contribution in [0.2, 0.25) is 0 Å². The number of rotatable bonds is 4. The van der Waals surface area contributed by atoms with Gasteiger partial charge in [-0.1, -0.05) is 20.8 Å². The fourth-order valence-electron chi connectivity index (χ4n) is 3.57. The van der Waals surface area contributed by atoms with E-state index < -0.39 is 0 Å². The number of nitrogens with zero attached hydrogens (tertiary/aromatic N) is 2. The van der Waals surface area contributed by atoms with Crippen LogP contribution in [0.15, 0.2) is 0 Å². The summed E-state index contributed by atoms with van der Waals surface area (Å²) in [6.07, 6.45) is 2.71. The molecule has 0 amide bonds. The third-order valence-corrected chi connectivity index (χ3v) is 4.78. The van der Waals surface area contributed by atoms with Crippen molar-refractivity contribution < 1.29 is 0 Å². The molecule has 100 valence electrons. The Kier molecular flexibility index (Phi) is 4.83. The second-order valence-electron chi connectivity index (χ2n) is 5.70. The van der Waals surface area contributed by atoms with Crippen molar-refractivity contribution in [3.05, 3.63) is 0 Å². The van der Waals surface area contributed by atoms with Crippen LogP contribution in [0.3, 0.4) is 0 Å². The molecule has 0 aromatic heterocycles. The van der Waals surface area contributed by atoms with Crippen LogP contribution in [0.25, 0.3) is 0 Å². The summed E-state index contributed by atoms with van der Waals surface area (Å²) < 4.78 is 0. The van der Waals surface area contributed by atoms with Gasteiger partial charge < -0.3 is 5.32 Å². The molecule has 0 aliphatic carbocycles. The SMILES string of the molecule is CCN(CC)C1CCN(C2CNCCC2C)C1. The van der Waals surface area contributed by atoms with Crippen LogP contribution in [0, 0.1) is 5.92 Å². The van der Waals surface area contributed by atoms with E-state index in [9.17, 15) is 0 Å². The number of nitrogens with one attached hydrogen (secondary N) is 1. The van der Waals surface area contributed by atoms with Gasteiger partial charge in [0.05, 0.1) is 0 Å². The third kappa shape index (κ3) is 3.01. The Hall–Kier alpha value is -0.120. The fraction of sp³-hybridized carbons (Fsp3) is 1.00. The van der Waals surface area contributed by atoms with Gasteiger partial charge >= 0.3 is 0 Å². The molecule has 0 spiro atoms. The summed E-state index contributed by atoms with van der Waals surface area (Å²) in [7, 11) is 0. The smallest absolute Gasteiger partial charge is 0.0247 e. The van der Waals surface area contributed by atoms with Crippen LogP contribution in [-0.2, 0) is 0 Å². The summed E-state index contributed by atoms with van der Waals surface area (Å²) in [6, 6.07) is 1.59. The van der Waals surface area contributed by atoms with E-state index >= 15 is 0 Å². The van der Waals surface area contributed by atoms with Crippen LogP contribution in [0.4, 0.5) is 0 Å². The monoisotopic (exact) mass is 239 g/mol. The molecule has 2 rings (SSSR count). The van der Waals surface area contributed by atoms with Gasteiger partial charge in [-0.05, 0) is 38.4 Å². The molecule has 3 unspecified atom stereocenters. The molecule has 0 aromatic rings. The minimum Gasteiger partial charge on any atom is -0.315 e. The molecule has 2 aliphatic rings. The first-order valence-electron chi connectivity index (χ1n) is 7.45. The van der Waals surface area contributed by atoms with E-state index in [2.05, 4.69) is 35.9 Å². The van der Waals surface area contributed by atoms with Gasteiger partial charge in [0.2, 0.25) is 0 Å². The second-order valence-corrected chi connectivity index (χ2v) is 5.70. The summed E-state index contributed by atoms with van der Waals surface area (Å²) in [5, 5.41) is 3.56. The van der Waals surface area contributed by atoms with Crippen LogP contribution in [0.5, 0.6) is 0 Å². The van der Waals surface area contributed by atoms with Crippen LogP contribution in [0.1, 0.15) is 33.6 Å². The van der Waals surface area contributed by atoms with E-state index in [0.29, 0.717) is 0 Å². The van der Waals surface area contributed by atoms with Crippen molar-refractivity contribution in [3.8, 4) is 0 Å². The zero-order valence-electron chi connectivity index (χ0n) is 11.8. The van der Waals surface area contributed by atoms with Gasteiger partial charge in [0.15, 0.2) is 0 Å². The van der Waals surface area contributed by atoms with E-state index in [1.165, 1.54) is 52.1 Å². The lowest BCUT2D eigenvalue weighted by Crippen LogP contribution is -2.50. The molecule has 2 heterocycles. The van der Waals surface area contributed by atoms with Crippen molar-refractivity contribution in [2.75, 3.05) is 39.3 Å². The van der Waals surface area contributed by atoms with E-state index in [1.54, 1.807) is 0 Å². The van der Waals surface area contributed by atoms with E-state index in [0.717, 1.165) is 18.0 Å². The van der Waals surface area contributed by atoms with Crippen molar-refractivity contribution in [2.24, 2.45) is 5.92 Å². The molecule has 0 radical (unpaired) electrons. The highest BCUT2D eigenvalue weighted by Crippen LogP contribution is 2.24. The summed E-state index contributed by atoms with van der Waals surface area (Å²) in [6.45, 7) is 14.4. The molecule has 3 nitrogen and oxygen atoms in total. The van der Waals surface area contributed by atoms with Crippen molar-refractivity contribution in [1.29, 1.82) is 0 Å². The van der Waals surface area contributed by atoms with Gasteiger partial charge in [-0.2, -0.15) is 0 Å². The maximum atomic E-state index is 3.56. The quantitative estimate of drug-likeness (QED) is 0.800. The van der Waals surface area contributed by atoms with Crippen LogP contribution < -0.4 is 5.32 Å². The summed E-state index contributed by atoms with van der Waals surface area (Å²) >= 11 is 0. The molecule has 3 atom stereocenters. The molecule has 2 fully saturated rings. The maximum absolute atomic E-state index is 3.56. The minimum absolute atomic E-state index is 0.782. The zero-order chi connectivity index (χ0) is 12.3. The Morgan fingerprint density at radius 1 is 1.24 bits per heavy atom. The van der Waals surface area contributed by atoms with E-state index in [4.69, 9.17) is 0 Å². The molecular formula is C14H29N3. The number of likely N-dealkylation sites (tertiary alicyclic amines) is 1. The average molecular weight is 239 g/mol. The van der Waals surface area contributed by atoms with Gasteiger partial charge in [-0.25, -0.2) is 0 Å². The average Bonchev–Trinajstić information content (AvgIpc) is 2.81. The Bertz CT molecular complexity index is 228. The Morgan fingerprint density at radius 2 is 2.00 bits per heavy atom. The van der Waals surface area contributed by atoms with Crippen LogP contribution in [-0.4, -0.2) is 61.2 Å². The van der Waals surface area contributed by atoms with Crippen molar-refractivity contribution in [3.63, 3.8) is 0 Å². The molecule has 2 aliphatic heterocycles. The Labute approximate surface area is 107 Å². The highest BCUT2D eigenvalue weighted by atomic mass is 15.3. The molecule has 0 saturated carbocycles. The zero-order valence-corrected chi connectivity index (χ0v) is 11.8. The van der Waals surface area contributed by atoms with Crippen LogP contribution >= 0.6 is 0 Å². The molecular weight excluding hydrogens is 210 g/mol. The highest BCUT2D eigenvalue weighted by Gasteiger charge is 2.33. The first-order chi connectivity index (χ1) is 8.26. The number of likely N-dealkylation sites (N-methyl/N-ethyl adjacent to an activating group) is 1. The van der Waals surface area contributed by atoms with Gasteiger partial charge in [0, 0.05) is 31.7 Å². The van der Waals surface area contributed by atoms with Crippen molar-refractivity contribution >= 4 is 0 Å². The lowest BCUT2D eigenvalue weighted by Gasteiger charge is -2.37. The minimum atomic E-state index is 0.782. The fourth-order valence-corrected chi connectivity index (χ4v) is 3.57. The third-order valence-electron chi connectivity index (χ3n) is 4.78. The first-order valence-corrected chi connectivity index (χ1v) is 7.45. The normalized spacial score (nSPS) is 35.6. The molecule has 2 saturated heterocycles. The predicted molar refractivity (Wildman–Crippen MR) is 73.3 cm³/mol.